The van der Waals surface area contributed by atoms with Gasteiger partial charge in [-0.05, 0) is 44.0 Å². The highest BCUT2D eigenvalue weighted by atomic mass is 35.5. The lowest BCUT2D eigenvalue weighted by atomic mass is 10.0. The maximum atomic E-state index is 14.4. The highest BCUT2D eigenvalue weighted by Gasteiger charge is 2.34. The molecule has 2 aromatic rings. The van der Waals surface area contributed by atoms with Gasteiger partial charge in [-0.25, -0.2) is 4.39 Å². The molecule has 29 heavy (non-hydrogen) atoms. The minimum absolute atomic E-state index is 0.331. The third-order valence-corrected chi connectivity index (χ3v) is 5.49. The Balaban J connectivity index is 1.89. The molecule has 1 amide bonds. The fraction of sp³-hybridized carbons (Fsp3) is 0.381. The molecule has 1 heterocycles. The summed E-state index contributed by atoms with van der Waals surface area (Å²) >= 11 is 5.62. The predicted octanol–water partition coefficient (Wildman–Crippen LogP) is 5.45. The van der Waals surface area contributed by atoms with Gasteiger partial charge >= 0.3 is 6.18 Å². The molecule has 0 saturated carbocycles. The number of likely N-dealkylation sites (tertiary alicyclic amines) is 1. The van der Waals surface area contributed by atoms with Crippen molar-refractivity contribution in [2.45, 2.75) is 38.0 Å². The Morgan fingerprint density at radius 3 is 2.55 bits per heavy atom. The third-order valence-electron chi connectivity index (χ3n) is 5.22. The summed E-state index contributed by atoms with van der Waals surface area (Å²) in [6.45, 7) is 3.43. The summed E-state index contributed by atoms with van der Waals surface area (Å²) in [6.07, 6.45) is -2.67. The number of nitrogens with zero attached hydrogens (tertiary/aromatic N) is 1. The van der Waals surface area contributed by atoms with Crippen LogP contribution in [0.5, 0.6) is 0 Å². The normalized spacial score (nSPS) is 18.6. The van der Waals surface area contributed by atoms with Gasteiger partial charge in [0.15, 0.2) is 5.82 Å². The van der Waals surface area contributed by atoms with E-state index in [1.807, 2.05) is 30.3 Å². The first-order valence-electron chi connectivity index (χ1n) is 9.33. The summed E-state index contributed by atoms with van der Waals surface area (Å²) in [7, 11) is 0. The van der Waals surface area contributed by atoms with Crippen LogP contribution in [-0.2, 0) is 6.18 Å². The van der Waals surface area contributed by atoms with E-state index in [0.717, 1.165) is 24.9 Å². The lowest BCUT2D eigenvalue weighted by Gasteiger charge is -2.28. The standard InChI is InChI=1S/C21H21ClF4N2O/c1-13-6-5-9-28(13)12-18(14-7-3-2-4-8-14)27-20(29)16-10-15(21(24,25)26)11-17(22)19(16)23/h2-4,7-8,10-11,13,18H,5-6,9,12H2,1H3,(H,27,29)/t13?,18-/m1/s1. The fourth-order valence-electron chi connectivity index (χ4n) is 3.57. The molecule has 1 fully saturated rings. The number of carbonyl (C=O) groups is 1. The largest absolute Gasteiger partial charge is 0.416 e. The van der Waals surface area contributed by atoms with Gasteiger partial charge < -0.3 is 5.32 Å². The molecule has 2 aromatic carbocycles. The van der Waals surface area contributed by atoms with Crippen molar-refractivity contribution in [2.75, 3.05) is 13.1 Å². The van der Waals surface area contributed by atoms with Gasteiger partial charge in [0.2, 0.25) is 0 Å². The first kappa shape index (κ1) is 21.6. The van der Waals surface area contributed by atoms with Crippen molar-refractivity contribution in [1.82, 2.24) is 10.2 Å². The van der Waals surface area contributed by atoms with Crippen LogP contribution in [0.1, 0.15) is 47.3 Å². The number of hydrogen-bond donors (Lipinski definition) is 1. The van der Waals surface area contributed by atoms with Gasteiger partial charge in [-0.3, -0.25) is 9.69 Å². The second kappa shape index (κ2) is 8.71. The summed E-state index contributed by atoms with van der Waals surface area (Å²) in [4.78, 5) is 14.9. The Bertz CT molecular complexity index is 873. The van der Waals surface area contributed by atoms with Crippen LogP contribution in [0.15, 0.2) is 42.5 Å². The van der Waals surface area contributed by atoms with Crippen LogP contribution in [0.3, 0.4) is 0 Å². The zero-order valence-corrected chi connectivity index (χ0v) is 16.5. The smallest absolute Gasteiger partial charge is 0.344 e. The number of benzene rings is 2. The van der Waals surface area contributed by atoms with Crippen LogP contribution in [0.2, 0.25) is 5.02 Å². The van der Waals surface area contributed by atoms with Crippen LogP contribution >= 0.6 is 11.6 Å². The molecule has 3 nitrogen and oxygen atoms in total. The van der Waals surface area contributed by atoms with Crippen LogP contribution in [0.4, 0.5) is 17.6 Å². The molecule has 2 atom stereocenters. The molecule has 8 heteroatoms. The van der Waals surface area contributed by atoms with Crippen LogP contribution in [-0.4, -0.2) is 29.9 Å². The van der Waals surface area contributed by atoms with Crippen LogP contribution in [0, 0.1) is 5.82 Å². The number of nitrogens with one attached hydrogen (secondary N) is 1. The molecule has 1 unspecified atom stereocenters. The SMILES string of the molecule is CC1CCCN1C[C@@H](NC(=O)c1cc(C(F)(F)F)cc(Cl)c1F)c1ccccc1. The first-order chi connectivity index (χ1) is 13.7. The number of rotatable bonds is 5. The van der Waals surface area contributed by atoms with E-state index in [2.05, 4.69) is 17.1 Å². The fourth-order valence-corrected chi connectivity index (χ4v) is 3.79. The average molecular weight is 429 g/mol. The van der Waals surface area contributed by atoms with Crippen molar-refractivity contribution < 1.29 is 22.4 Å². The number of halogens is 5. The Hall–Kier alpha value is -2.12. The highest BCUT2D eigenvalue weighted by Crippen LogP contribution is 2.33. The zero-order valence-electron chi connectivity index (χ0n) is 15.8. The van der Waals surface area contributed by atoms with Crippen molar-refractivity contribution in [3.05, 3.63) is 70.0 Å². The van der Waals surface area contributed by atoms with E-state index < -0.39 is 40.1 Å². The minimum Gasteiger partial charge on any atom is -0.344 e. The van der Waals surface area contributed by atoms with Crippen molar-refractivity contribution in [3.63, 3.8) is 0 Å². The van der Waals surface area contributed by atoms with E-state index in [4.69, 9.17) is 11.6 Å². The number of carbonyl (C=O) groups excluding carboxylic acids is 1. The molecule has 0 radical (unpaired) electrons. The zero-order chi connectivity index (χ0) is 21.2. The van der Waals surface area contributed by atoms with Crippen molar-refractivity contribution in [2.24, 2.45) is 0 Å². The summed E-state index contributed by atoms with van der Waals surface area (Å²) in [6, 6.07) is 9.89. The number of alkyl halides is 3. The van der Waals surface area contributed by atoms with Gasteiger partial charge in [-0.1, -0.05) is 41.9 Å². The van der Waals surface area contributed by atoms with E-state index in [1.165, 1.54) is 0 Å². The topological polar surface area (TPSA) is 32.3 Å². The minimum atomic E-state index is -4.74. The Morgan fingerprint density at radius 1 is 1.28 bits per heavy atom. The highest BCUT2D eigenvalue weighted by molar-refractivity contribution is 6.31. The van der Waals surface area contributed by atoms with E-state index in [-0.39, 0.29) is 0 Å². The second-order valence-corrected chi connectivity index (χ2v) is 7.65. The molecule has 0 bridgehead atoms. The maximum Gasteiger partial charge on any atom is 0.416 e. The molecule has 0 aromatic heterocycles. The molecule has 156 valence electrons. The first-order valence-corrected chi connectivity index (χ1v) is 9.70. The van der Waals surface area contributed by atoms with E-state index in [9.17, 15) is 22.4 Å². The quantitative estimate of drug-likeness (QED) is 0.642. The molecule has 1 aliphatic rings. The Labute approximate surface area is 171 Å². The molecule has 0 aliphatic carbocycles. The molecular formula is C21H21ClF4N2O. The molecule has 3 rings (SSSR count). The molecule has 1 N–H and O–H groups in total. The number of amides is 1. The Morgan fingerprint density at radius 2 is 1.97 bits per heavy atom. The lowest BCUT2D eigenvalue weighted by molar-refractivity contribution is -0.137. The summed E-state index contributed by atoms with van der Waals surface area (Å²) < 4.78 is 53.6. The maximum absolute atomic E-state index is 14.4. The monoisotopic (exact) mass is 428 g/mol. The summed E-state index contributed by atoms with van der Waals surface area (Å²) in [5, 5.41) is 1.96. The van der Waals surface area contributed by atoms with E-state index in [1.54, 1.807) is 0 Å². The lowest BCUT2D eigenvalue weighted by Crippen LogP contribution is -2.39. The van der Waals surface area contributed by atoms with Crippen LogP contribution < -0.4 is 5.32 Å². The van der Waals surface area contributed by atoms with Gasteiger partial charge in [0.05, 0.1) is 22.2 Å². The third kappa shape index (κ3) is 5.08. The van der Waals surface area contributed by atoms with Gasteiger partial charge in [-0.2, -0.15) is 13.2 Å². The number of hydrogen-bond acceptors (Lipinski definition) is 2. The van der Waals surface area contributed by atoms with Gasteiger partial charge in [0, 0.05) is 12.6 Å². The van der Waals surface area contributed by atoms with Crippen LogP contribution in [0.25, 0.3) is 0 Å². The van der Waals surface area contributed by atoms with Gasteiger partial charge in [-0.15, -0.1) is 0 Å². The van der Waals surface area contributed by atoms with E-state index >= 15 is 0 Å². The van der Waals surface area contributed by atoms with Gasteiger partial charge in [0.25, 0.3) is 5.91 Å². The second-order valence-electron chi connectivity index (χ2n) is 7.24. The molecular weight excluding hydrogens is 408 g/mol. The van der Waals surface area contributed by atoms with E-state index in [0.29, 0.717) is 24.7 Å². The van der Waals surface area contributed by atoms with Crippen molar-refractivity contribution in [3.8, 4) is 0 Å². The molecule has 0 spiro atoms. The average Bonchev–Trinajstić information content (AvgIpc) is 3.07. The molecule has 1 aliphatic heterocycles. The Kier molecular flexibility index (Phi) is 6.49. The summed E-state index contributed by atoms with van der Waals surface area (Å²) in [5.74, 6) is -2.10. The van der Waals surface area contributed by atoms with Crippen molar-refractivity contribution >= 4 is 17.5 Å². The van der Waals surface area contributed by atoms with Crippen molar-refractivity contribution in [1.29, 1.82) is 0 Å². The summed E-state index contributed by atoms with van der Waals surface area (Å²) in [5.41, 5.74) is -1.10. The predicted molar refractivity (Wildman–Crippen MR) is 103 cm³/mol. The van der Waals surface area contributed by atoms with Gasteiger partial charge in [0.1, 0.15) is 0 Å². The molecule has 1 saturated heterocycles.